The van der Waals surface area contributed by atoms with E-state index in [1.54, 1.807) is 6.20 Å². The highest BCUT2D eigenvalue weighted by Gasteiger charge is 2.10. The number of pyridine rings is 1. The zero-order chi connectivity index (χ0) is 14.7. The summed E-state index contributed by atoms with van der Waals surface area (Å²) in [5.41, 5.74) is 2.87. The monoisotopic (exact) mass is 286 g/mol. The van der Waals surface area contributed by atoms with Crippen LogP contribution in [0.25, 0.3) is 22.1 Å². The summed E-state index contributed by atoms with van der Waals surface area (Å²) in [6, 6.07) is 1.99. The molecule has 1 saturated carbocycles. The number of nitrogens with zero attached hydrogens (tertiary/aromatic N) is 2. The van der Waals surface area contributed by atoms with Crippen molar-refractivity contribution in [1.82, 2.24) is 19.9 Å². The van der Waals surface area contributed by atoms with Crippen molar-refractivity contribution in [3.63, 3.8) is 0 Å². The summed E-state index contributed by atoms with van der Waals surface area (Å²) in [6.45, 7) is 2.36. The third kappa shape index (κ3) is 3.08. The van der Waals surface area contributed by atoms with E-state index in [1.807, 2.05) is 19.2 Å². The fourth-order valence-electron chi connectivity index (χ4n) is 2.97. The van der Waals surface area contributed by atoms with Crippen LogP contribution >= 0.6 is 0 Å². The van der Waals surface area contributed by atoms with Gasteiger partial charge in [0.2, 0.25) is 0 Å². The first-order valence-electron chi connectivity index (χ1n) is 7.67. The Morgan fingerprint density at radius 3 is 2.81 bits per heavy atom. The van der Waals surface area contributed by atoms with Gasteiger partial charge in [-0.3, -0.25) is 0 Å². The highest BCUT2D eigenvalue weighted by atomic mass is 16.3. The van der Waals surface area contributed by atoms with Gasteiger partial charge in [-0.2, -0.15) is 0 Å². The standard InChI is InChI=1S/C9H8N4.C7H14O/c1-5-12-7-4-11-9-6(2-3-10-9)8(7)13-5;8-6-7-4-2-1-3-5-7/h2-4H,1H3,(H,10,11)(H,12,13);7-8H,1-6H2. The van der Waals surface area contributed by atoms with Gasteiger partial charge in [0.1, 0.15) is 17.0 Å². The Labute approximate surface area is 123 Å². The maximum absolute atomic E-state index is 8.69. The highest BCUT2D eigenvalue weighted by Crippen LogP contribution is 2.22. The van der Waals surface area contributed by atoms with Gasteiger partial charge in [-0.25, -0.2) is 9.97 Å². The minimum Gasteiger partial charge on any atom is -0.396 e. The second-order valence-corrected chi connectivity index (χ2v) is 5.77. The number of imidazole rings is 1. The van der Waals surface area contributed by atoms with Crippen LogP contribution in [0.5, 0.6) is 0 Å². The van der Waals surface area contributed by atoms with Crippen LogP contribution in [0.4, 0.5) is 0 Å². The zero-order valence-corrected chi connectivity index (χ0v) is 12.4. The molecule has 0 saturated heterocycles. The Balaban J connectivity index is 0.000000143. The third-order valence-corrected chi connectivity index (χ3v) is 4.14. The topological polar surface area (TPSA) is 77.6 Å². The van der Waals surface area contributed by atoms with Gasteiger partial charge in [0, 0.05) is 18.2 Å². The fourth-order valence-corrected chi connectivity index (χ4v) is 2.97. The molecule has 0 atom stereocenters. The number of aromatic amines is 2. The molecule has 3 heterocycles. The lowest BCUT2D eigenvalue weighted by Crippen LogP contribution is -2.09. The minimum absolute atomic E-state index is 0.417. The van der Waals surface area contributed by atoms with Crippen molar-refractivity contribution >= 4 is 22.1 Å². The van der Waals surface area contributed by atoms with Crippen LogP contribution < -0.4 is 0 Å². The first-order chi connectivity index (χ1) is 10.3. The average Bonchev–Trinajstić information content (AvgIpc) is 3.13. The van der Waals surface area contributed by atoms with Gasteiger partial charge >= 0.3 is 0 Å². The molecule has 3 aromatic rings. The SMILES string of the molecule is Cc1nc2c(cnc3[nH]ccc32)[nH]1.OCC1CCCCC1. The van der Waals surface area contributed by atoms with E-state index in [0.29, 0.717) is 12.5 Å². The lowest BCUT2D eigenvalue weighted by molar-refractivity contribution is 0.190. The Hall–Kier alpha value is -1.88. The number of aromatic nitrogens is 4. The fraction of sp³-hybridized carbons (Fsp3) is 0.500. The van der Waals surface area contributed by atoms with Crippen molar-refractivity contribution in [3.05, 3.63) is 24.3 Å². The number of aliphatic hydroxyl groups excluding tert-OH is 1. The smallest absolute Gasteiger partial charge is 0.139 e. The summed E-state index contributed by atoms with van der Waals surface area (Å²) in [6.07, 6.45) is 10.3. The van der Waals surface area contributed by atoms with Gasteiger partial charge in [-0.15, -0.1) is 0 Å². The molecule has 0 aliphatic heterocycles. The predicted octanol–water partition coefficient (Wildman–Crippen LogP) is 3.31. The summed E-state index contributed by atoms with van der Waals surface area (Å²) < 4.78 is 0. The summed E-state index contributed by atoms with van der Waals surface area (Å²) in [4.78, 5) is 14.9. The van der Waals surface area contributed by atoms with E-state index in [2.05, 4.69) is 19.9 Å². The number of aryl methyl sites for hydroxylation is 1. The maximum Gasteiger partial charge on any atom is 0.139 e. The number of fused-ring (bicyclic) bond motifs is 3. The number of aliphatic hydroxyl groups is 1. The summed E-state index contributed by atoms with van der Waals surface area (Å²) in [5.74, 6) is 1.56. The Morgan fingerprint density at radius 1 is 1.29 bits per heavy atom. The van der Waals surface area contributed by atoms with Crippen LogP contribution in [0.2, 0.25) is 0 Å². The molecule has 0 spiro atoms. The van der Waals surface area contributed by atoms with Crippen molar-refractivity contribution in [3.8, 4) is 0 Å². The van der Waals surface area contributed by atoms with Crippen LogP contribution in [0.1, 0.15) is 37.9 Å². The molecule has 1 aliphatic carbocycles. The van der Waals surface area contributed by atoms with Crippen molar-refractivity contribution < 1.29 is 5.11 Å². The van der Waals surface area contributed by atoms with Gasteiger partial charge in [-0.1, -0.05) is 19.3 Å². The van der Waals surface area contributed by atoms with E-state index in [1.165, 1.54) is 32.1 Å². The second-order valence-electron chi connectivity index (χ2n) is 5.77. The quantitative estimate of drug-likeness (QED) is 0.642. The molecule has 0 amide bonds. The first kappa shape index (κ1) is 14.1. The zero-order valence-electron chi connectivity index (χ0n) is 12.4. The molecule has 112 valence electrons. The van der Waals surface area contributed by atoms with Crippen molar-refractivity contribution in [2.75, 3.05) is 6.61 Å². The minimum atomic E-state index is 0.417. The maximum atomic E-state index is 8.69. The lowest BCUT2D eigenvalue weighted by Gasteiger charge is -2.18. The summed E-state index contributed by atoms with van der Waals surface area (Å²) in [7, 11) is 0. The summed E-state index contributed by atoms with van der Waals surface area (Å²) >= 11 is 0. The molecule has 1 fully saturated rings. The molecule has 5 heteroatoms. The molecule has 3 aromatic heterocycles. The van der Waals surface area contributed by atoms with Crippen LogP contribution in [-0.2, 0) is 0 Å². The third-order valence-electron chi connectivity index (χ3n) is 4.14. The van der Waals surface area contributed by atoms with Crippen molar-refractivity contribution in [2.24, 2.45) is 5.92 Å². The number of hydrogen-bond donors (Lipinski definition) is 3. The number of H-pyrrole nitrogens is 2. The van der Waals surface area contributed by atoms with Gasteiger partial charge in [0.15, 0.2) is 0 Å². The molecule has 3 N–H and O–H groups in total. The van der Waals surface area contributed by atoms with E-state index in [0.717, 1.165) is 27.9 Å². The molecule has 0 unspecified atom stereocenters. The first-order valence-corrected chi connectivity index (χ1v) is 7.67. The van der Waals surface area contributed by atoms with Crippen molar-refractivity contribution in [1.29, 1.82) is 0 Å². The van der Waals surface area contributed by atoms with E-state index in [4.69, 9.17) is 5.11 Å². The van der Waals surface area contributed by atoms with Gasteiger partial charge < -0.3 is 15.1 Å². The molecule has 4 rings (SSSR count). The van der Waals surface area contributed by atoms with Crippen LogP contribution in [0.3, 0.4) is 0 Å². The average molecular weight is 286 g/mol. The molecule has 5 nitrogen and oxygen atoms in total. The van der Waals surface area contributed by atoms with Gasteiger partial charge in [-0.05, 0) is 31.7 Å². The lowest BCUT2D eigenvalue weighted by atomic mass is 9.90. The Morgan fingerprint density at radius 2 is 2.10 bits per heavy atom. The van der Waals surface area contributed by atoms with Crippen LogP contribution in [0, 0.1) is 12.8 Å². The Bertz CT molecular complexity index is 709. The molecule has 0 bridgehead atoms. The van der Waals surface area contributed by atoms with Crippen LogP contribution in [-0.4, -0.2) is 31.6 Å². The molecule has 21 heavy (non-hydrogen) atoms. The largest absolute Gasteiger partial charge is 0.396 e. The molecule has 0 aromatic carbocycles. The molecule has 1 aliphatic rings. The molecule has 0 radical (unpaired) electrons. The molecular formula is C16H22N4O. The highest BCUT2D eigenvalue weighted by molar-refractivity contribution is 6.00. The molecular weight excluding hydrogens is 264 g/mol. The number of rotatable bonds is 1. The van der Waals surface area contributed by atoms with Crippen LogP contribution in [0.15, 0.2) is 18.5 Å². The van der Waals surface area contributed by atoms with Gasteiger partial charge in [0.05, 0.1) is 11.7 Å². The van der Waals surface area contributed by atoms with E-state index >= 15 is 0 Å². The number of nitrogens with one attached hydrogen (secondary N) is 2. The predicted molar refractivity (Wildman–Crippen MR) is 84.1 cm³/mol. The normalized spacial score (nSPS) is 16.1. The van der Waals surface area contributed by atoms with E-state index in [9.17, 15) is 0 Å². The van der Waals surface area contributed by atoms with Crippen molar-refractivity contribution in [2.45, 2.75) is 39.0 Å². The summed E-state index contributed by atoms with van der Waals surface area (Å²) in [5, 5.41) is 9.76. The van der Waals surface area contributed by atoms with E-state index < -0.39 is 0 Å². The van der Waals surface area contributed by atoms with E-state index in [-0.39, 0.29) is 0 Å². The number of hydrogen-bond acceptors (Lipinski definition) is 3. The van der Waals surface area contributed by atoms with Gasteiger partial charge in [0.25, 0.3) is 0 Å². The Kier molecular flexibility index (Phi) is 4.20. The second kappa shape index (κ2) is 6.26.